The van der Waals surface area contributed by atoms with Gasteiger partial charge in [0.25, 0.3) is 5.91 Å². The maximum atomic E-state index is 12.2. The molecule has 0 radical (unpaired) electrons. The summed E-state index contributed by atoms with van der Waals surface area (Å²) >= 11 is 0. The number of nitrogens with zero attached hydrogens (tertiary/aromatic N) is 2. The summed E-state index contributed by atoms with van der Waals surface area (Å²) in [4.78, 5) is 13.8. The molecule has 0 spiro atoms. The van der Waals surface area contributed by atoms with Crippen LogP contribution in [0, 0.1) is 11.3 Å². The minimum Gasteiger partial charge on any atom is -0.508 e. The van der Waals surface area contributed by atoms with Gasteiger partial charge in [-0.05, 0) is 42.0 Å². The van der Waals surface area contributed by atoms with Crippen molar-refractivity contribution in [2.75, 3.05) is 19.1 Å². The van der Waals surface area contributed by atoms with E-state index in [0.29, 0.717) is 6.54 Å². The number of aromatic hydroxyl groups is 1. The predicted octanol–water partition coefficient (Wildman–Crippen LogP) is 2.56. The van der Waals surface area contributed by atoms with E-state index in [-0.39, 0.29) is 11.3 Å². The van der Waals surface area contributed by atoms with Gasteiger partial charge in [-0.25, -0.2) is 0 Å². The van der Waals surface area contributed by atoms with Crippen molar-refractivity contribution in [2.45, 2.75) is 6.54 Å². The summed E-state index contributed by atoms with van der Waals surface area (Å²) in [5, 5.41) is 21.3. The van der Waals surface area contributed by atoms with Crippen LogP contribution in [-0.4, -0.2) is 25.2 Å². The first-order valence-corrected chi connectivity index (χ1v) is 7.58. The average Bonchev–Trinajstić information content (AvgIpc) is 2.64. The molecule has 0 unspecified atom stereocenters. The molecule has 0 fully saturated rings. The third-order valence-electron chi connectivity index (χ3n) is 3.56. The zero-order chi connectivity index (χ0) is 18.2. The van der Waals surface area contributed by atoms with E-state index in [2.05, 4.69) is 5.32 Å². The topological polar surface area (TPSA) is 85.6 Å². The SMILES string of the molecule is COc1ccc(CNC(=O)/C(C#N)=C\N(C)c2ccc(O)cc2)cc1. The molecular formula is C19H19N3O3. The number of anilines is 1. The molecule has 2 rings (SSSR count). The Hall–Kier alpha value is -3.46. The van der Waals surface area contributed by atoms with Gasteiger partial charge in [0, 0.05) is 25.5 Å². The van der Waals surface area contributed by atoms with E-state index in [1.54, 1.807) is 43.3 Å². The Labute approximate surface area is 146 Å². The van der Waals surface area contributed by atoms with Gasteiger partial charge in [-0.15, -0.1) is 0 Å². The standard InChI is InChI=1S/C19H19N3O3/c1-22(16-5-7-17(23)8-6-16)13-15(11-20)19(24)21-12-14-3-9-18(25-2)10-4-14/h3-10,13,23H,12H2,1-2H3,(H,21,24)/b15-13-. The number of ether oxygens (including phenoxy) is 1. The number of rotatable bonds is 6. The summed E-state index contributed by atoms with van der Waals surface area (Å²) < 4.78 is 5.08. The molecule has 2 aromatic rings. The van der Waals surface area contributed by atoms with Gasteiger partial charge in [0.15, 0.2) is 0 Å². The van der Waals surface area contributed by atoms with Crippen LogP contribution in [0.25, 0.3) is 0 Å². The van der Waals surface area contributed by atoms with Crippen LogP contribution < -0.4 is 15.0 Å². The lowest BCUT2D eigenvalue weighted by Gasteiger charge is -2.15. The van der Waals surface area contributed by atoms with Crippen LogP contribution in [-0.2, 0) is 11.3 Å². The highest BCUT2D eigenvalue weighted by Crippen LogP contribution is 2.18. The molecule has 0 bridgehead atoms. The van der Waals surface area contributed by atoms with E-state index in [1.807, 2.05) is 18.2 Å². The maximum Gasteiger partial charge on any atom is 0.263 e. The van der Waals surface area contributed by atoms with Crippen molar-refractivity contribution < 1.29 is 14.6 Å². The van der Waals surface area contributed by atoms with Crippen molar-refractivity contribution >= 4 is 11.6 Å². The third-order valence-corrected chi connectivity index (χ3v) is 3.56. The molecule has 0 aliphatic rings. The lowest BCUT2D eigenvalue weighted by Crippen LogP contribution is -2.25. The van der Waals surface area contributed by atoms with Crippen molar-refractivity contribution in [2.24, 2.45) is 0 Å². The Bertz CT molecular complexity index is 790. The van der Waals surface area contributed by atoms with Gasteiger partial charge in [0.1, 0.15) is 23.1 Å². The van der Waals surface area contributed by atoms with Crippen molar-refractivity contribution in [1.82, 2.24) is 5.32 Å². The van der Waals surface area contributed by atoms with Crippen LogP contribution in [0.15, 0.2) is 60.3 Å². The normalized spacial score (nSPS) is 10.7. The van der Waals surface area contributed by atoms with E-state index in [9.17, 15) is 15.2 Å². The van der Waals surface area contributed by atoms with E-state index in [1.165, 1.54) is 18.3 Å². The molecule has 6 heteroatoms. The molecule has 0 saturated carbocycles. The van der Waals surface area contributed by atoms with Crippen LogP contribution in [0.4, 0.5) is 5.69 Å². The molecular weight excluding hydrogens is 318 g/mol. The molecule has 0 atom stereocenters. The molecule has 0 aromatic heterocycles. The van der Waals surface area contributed by atoms with E-state index in [4.69, 9.17) is 4.74 Å². The van der Waals surface area contributed by atoms with Crippen LogP contribution in [0.5, 0.6) is 11.5 Å². The first kappa shape index (κ1) is 17.9. The fourth-order valence-corrected chi connectivity index (χ4v) is 2.12. The molecule has 0 aliphatic heterocycles. The van der Waals surface area contributed by atoms with Crippen LogP contribution in [0.3, 0.4) is 0 Å². The van der Waals surface area contributed by atoms with Crippen molar-refractivity contribution in [3.8, 4) is 17.6 Å². The molecule has 0 aliphatic carbocycles. The Morgan fingerprint density at radius 2 is 1.88 bits per heavy atom. The molecule has 2 aromatic carbocycles. The Morgan fingerprint density at radius 3 is 2.44 bits per heavy atom. The largest absolute Gasteiger partial charge is 0.508 e. The minimum absolute atomic E-state index is 0.0101. The summed E-state index contributed by atoms with van der Waals surface area (Å²) in [6.07, 6.45) is 1.45. The number of nitrogens with one attached hydrogen (secondary N) is 1. The molecule has 0 heterocycles. The number of benzene rings is 2. The number of hydrogen-bond donors (Lipinski definition) is 2. The zero-order valence-corrected chi connectivity index (χ0v) is 14.1. The lowest BCUT2D eigenvalue weighted by atomic mass is 10.2. The number of phenols is 1. The number of methoxy groups -OCH3 is 1. The molecule has 25 heavy (non-hydrogen) atoms. The van der Waals surface area contributed by atoms with E-state index in [0.717, 1.165) is 17.0 Å². The summed E-state index contributed by atoms with van der Waals surface area (Å²) in [5.74, 6) is 0.436. The summed E-state index contributed by atoms with van der Waals surface area (Å²) in [5.41, 5.74) is 1.64. The van der Waals surface area contributed by atoms with Crippen molar-refractivity contribution in [3.05, 3.63) is 65.9 Å². The van der Waals surface area contributed by atoms with Gasteiger partial charge in [-0.2, -0.15) is 5.26 Å². The number of hydrogen-bond acceptors (Lipinski definition) is 5. The highest BCUT2D eigenvalue weighted by atomic mass is 16.5. The zero-order valence-electron chi connectivity index (χ0n) is 14.1. The number of carbonyl (C=O) groups is 1. The fraction of sp³-hybridized carbons (Fsp3) is 0.158. The quantitative estimate of drug-likeness (QED) is 0.625. The highest BCUT2D eigenvalue weighted by molar-refractivity contribution is 5.97. The Balaban J connectivity index is 2.01. The van der Waals surface area contributed by atoms with E-state index < -0.39 is 5.91 Å². The first-order valence-electron chi connectivity index (χ1n) is 7.58. The molecule has 0 saturated heterocycles. The van der Waals surface area contributed by atoms with E-state index >= 15 is 0 Å². The molecule has 6 nitrogen and oxygen atoms in total. The van der Waals surface area contributed by atoms with Gasteiger partial charge in [-0.3, -0.25) is 4.79 Å². The predicted molar refractivity (Wildman–Crippen MR) is 95.0 cm³/mol. The number of amides is 1. The van der Waals surface area contributed by atoms with Gasteiger partial charge in [-0.1, -0.05) is 12.1 Å². The lowest BCUT2D eigenvalue weighted by molar-refractivity contribution is -0.117. The van der Waals surface area contributed by atoms with Gasteiger partial charge in [0.05, 0.1) is 7.11 Å². The van der Waals surface area contributed by atoms with Crippen LogP contribution >= 0.6 is 0 Å². The number of nitriles is 1. The smallest absolute Gasteiger partial charge is 0.263 e. The third kappa shape index (κ3) is 5.01. The number of carbonyl (C=O) groups excluding carboxylic acids is 1. The van der Waals surface area contributed by atoms with Gasteiger partial charge in [0.2, 0.25) is 0 Å². The van der Waals surface area contributed by atoms with Crippen LogP contribution in [0.1, 0.15) is 5.56 Å². The molecule has 128 valence electrons. The second kappa shape index (κ2) is 8.41. The average molecular weight is 337 g/mol. The van der Waals surface area contributed by atoms with Crippen molar-refractivity contribution in [1.29, 1.82) is 5.26 Å². The molecule has 1 amide bonds. The Morgan fingerprint density at radius 1 is 1.24 bits per heavy atom. The van der Waals surface area contributed by atoms with Gasteiger partial charge >= 0.3 is 0 Å². The van der Waals surface area contributed by atoms with Gasteiger partial charge < -0.3 is 20.1 Å². The Kier molecular flexibility index (Phi) is 6.02. The summed E-state index contributed by atoms with van der Waals surface area (Å²) in [6.45, 7) is 0.310. The highest BCUT2D eigenvalue weighted by Gasteiger charge is 2.10. The second-order valence-electron chi connectivity index (χ2n) is 5.31. The fourth-order valence-electron chi connectivity index (χ4n) is 2.12. The maximum absolute atomic E-state index is 12.2. The van der Waals surface area contributed by atoms with Crippen LogP contribution in [0.2, 0.25) is 0 Å². The summed E-state index contributed by atoms with van der Waals surface area (Å²) in [7, 11) is 3.31. The second-order valence-corrected chi connectivity index (χ2v) is 5.31. The van der Waals surface area contributed by atoms with Crippen molar-refractivity contribution in [3.63, 3.8) is 0 Å². The summed E-state index contributed by atoms with van der Waals surface area (Å²) in [6, 6.07) is 15.7. The first-order chi connectivity index (χ1) is 12.0. The minimum atomic E-state index is -0.455. The monoisotopic (exact) mass is 337 g/mol. The number of phenolic OH excluding ortho intramolecular Hbond substituents is 1. The molecule has 2 N–H and O–H groups in total.